The van der Waals surface area contributed by atoms with Crippen LogP contribution in [-0.2, 0) is 13.5 Å². The molecule has 0 aromatic carbocycles. The first-order valence-electron chi connectivity index (χ1n) is 4.04. The highest BCUT2D eigenvalue weighted by atomic mass is 19.1. The smallest absolute Gasteiger partial charge is 0.131 e. The van der Waals surface area contributed by atoms with E-state index in [1.54, 1.807) is 17.8 Å². The van der Waals surface area contributed by atoms with E-state index in [4.69, 9.17) is 5.41 Å². The molecular formula is C9H13FN2. The Morgan fingerprint density at radius 3 is 2.83 bits per heavy atom. The van der Waals surface area contributed by atoms with Gasteiger partial charge < -0.3 is 4.57 Å². The van der Waals surface area contributed by atoms with E-state index in [2.05, 4.69) is 0 Å². The second kappa shape index (κ2) is 3.52. The van der Waals surface area contributed by atoms with Gasteiger partial charge in [-0.15, -0.1) is 0 Å². The van der Waals surface area contributed by atoms with Crippen LogP contribution in [0.2, 0.25) is 0 Å². The summed E-state index contributed by atoms with van der Waals surface area (Å²) >= 11 is 0. The third kappa shape index (κ3) is 1.72. The highest BCUT2D eigenvalue weighted by Crippen LogP contribution is 2.05. The SMILES string of the molecule is CCCc1cn(C)c(=N)cc1F. The van der Waals surface area contributed by atoms with E-state index in [0.29, 0.717) is 5.56 Å². The molecule has 0 aliphatic rings. The van der Waals surface area contributed by atoms with E-state index < -0.39 is 0 Å². The molecule has 12 heavy (non-hydrogen) atoms. The molecule has 1 aromatic heterocycles. The van der Waals surface area contributed by atoms with Gasteiger partial charge in [-0.05, 0) is 6.42 Å². The maximum atomic E-state index is 13.1. The van der Waals surface area contributed by atoms with Crippen LogP contribution in [0.3, 0.4) is 0 Å². The van der Waals surface area contributed by atoms with Gasteiger partial charge in [0.2, 0.25) is 0 Å². The summed E-state index contributed by atoms with van der Waals surface area (Å²) in [5, 5.41) is 7.31. The fourth-order valence-corrected chi connectivity index (χ4v) is 1.13. The zero-order valence-corrected chi connectivity index (χ0v) is 7.39. The molecule has 1 N–H and O–H groups in total. The summed E-state index contributed by atoms with van der Waals surface area (Å²) in [4.78, 5) is 0. The minimum atomic E-state index is -0.264. The van der Waals surface area contributed by atoms with E-state index in [1.807, 2.05) is 6.92 Å². The second-order valence-electron chi connectivity index (χ2n) is 2.89. The molecule has 0 fully saturated rings. The minimum Gasteiger partial charge on any atom is -0.336 e. The topological polar surface area (TPSA) is 28.8 Å². The molecule has 0 aliphatic heterocycles. The largest absolute Gasteiger partial charge is 0.336 e. The van der Waals surface area contributed by atoms with Crippen molar-refractivity contribution in [1.29, 1.82) is 5.41 Å². The van der Waals surface area contributed by atoms with Crippen LogP contribution in [0.1, 0.15) is 18.9 Å². The molecule has 0 unspecified atom stereocenters. The Balaban J connectivity index is 3.14. The lowest BCUT2D eigenvalue weighted by molar-refractivity contribution is 0.590. The fourth-order valence-electron chi connectivity index (χ4n) is 1.13. The number of hydrogen-bond donors (Lipinski definition) is 1. The fraction of sp³-hybridized carbons (Fsp3) is 0.444. The summed E-state index contributed by atoms with van der Waals surface area (Å²) < 4.78 is 14.7. The Kier molecular flexibility index (Phi) is 2.63. The van der Waals surface area contributed by atoms with Crippen LogP contribution in [0.25, 0.3) is 0 Å². The minimum absolute atomic E-state index is 0.201. The van der Waals surface area contributed by atoms with Gasteiger partial charge in [0.15, 0.2) is 0 Å². The zero-order chi connectivity index (χ0) is 9.14. The number of hydrogen-bond acceptors (Lipinski definition) is 1. The number of halogens is 1. The Hall–Kier alpha value is -1.12. The lowest BCUT2D eigenvalue weighted by Crippen LogP contribution is -2.17. The molecule has 0 spiro atoms. The highest BCUT2D eigenvalue weighted by molar-refractivity contribution is 5.12. The van der Waals surface area contributed by atoms with Crippen molar-refractivity contribution in [2.75, 3.05) is 0 Å². The van der Waals surface area contributed by atoms with Crippen molar-refractivity contribution in [3.05, 3.63) is 29.1 Å². The first-order valence-corrected chi connectivity index (χ1v) is 4.04. The maximum absolute atomic E-state index is 13.1. The number of nitrogens with one attached hydrogen (secondary N) is 1. The monoisotopic (exact) mass is 168 g/mol. The summed E-state index contributed by atoms with van der Waals surface area (Å²) in [5.74, 6) is -0.264. The predicted octanol–water partition coefficient (Wildman–Crippen LogP) is 1.60. The van der Waals surface area contributed by atoms with Gasteiger partial charge in [0.05, 0.1) is 0 Å². The molecule has 2 nitrogen and oxygen atoms in total. The van der Waals surface area contributed by atoms with Gasteiger partial charge in [0.1, 0.15) is 11.3 Å². The summed E-state index contributed by atoms with van der Waals surface area (Å²) in [6, 6.07) is 1.25. The Bertz CT molecular complexity index is 328. The van der Waals surface area contributed by atoms with E-state index >= 15 is 0 Å². The summed E-state index contributed by atoms with van der Waals surface area (Å²) in [6.07, 6.45) is 3.34. The molecule has 66 valence electrons. The predicted molar refractivity (Wildman–Crippen MR) is 45.2 cm³/mol. The van der Waals surface area contributed by atoms with Crippen molar-refractivity contribution in [1.82, 2.24) is 4.57 Å². The molecule has 0 saturated carbocycles. The van der Waals surface area contributed by atoms with E-state index in [-0.39, 0.29) is 11.3 Å². The average molecular weight is 168 g/mol. The lowest BCUT2D eigenvalue weighted by Gasteiger charge is -2.04. The normalized spacial score (nSPS) is 10.2. The van der Waals surface area contributed by atoms with Gasteiger partial charge in [0, 0.05) is 24.9 Å². The number of aryl methyl sites for hydroxylation is 2. The lowest BCUT2D eigenvalue weighted by atomic mass is 10.1. The first-order chi connectivity index (χ1) is 5.65. The van der Waals surface area contributed by atoms with Crippen LogP contribution in [0.15, 0.2) is 12.3 Å². The van der Waals surface area contributed by atoms with Crippen LogP contribution in [0.5, 0.6) is 0 Å². The maximum Gasteiger partial charge on any atom is 0.131 e. The molecule has 0 radical (unpaired) electrons. The van der Waals surface area contributed by atoms with Crippen molar-refractivity contribution in [3.8, 4) is 0 Å². The molecule has 1 rings (SSSR count). The highest BCUT2D eigenvalue weighted by Gasteiger charge is 2.01. The molecule has 1 heterocycles. The number of aromatic nitrogens is 1. The quantitative estimate of drug-likeness (QED) is 0.695. The summed E-state index contributed by atoms with van der Waals surface area (Å²) in [7, 11) is 1.75. The molecule has 0 saturated heterocycles. The number of rotatable bonds is 2. The van der Waals surface area contributed by atoms with E-state index in [1.165, 1.54) is 6.07 Å². The van der Waals surface area contributed by atoms with Gasteiger partial charge in [-0.3, -0.25) is 5.41 Å². The van der Waals surface area contributed by atoms with Crippen LogP contribution in [0, 0.1) is 11.2 Å². The second-order valence-corrected chi connectivity index (χ2v) is 2.89. The molecule has 1 aromatic rings. The van der Waals surface area contributed by atoms with Crippen molar-refractivity contribution in [2.24, 2.45) is 7.05 Å². The van der Waals surface area contributed by atoms with Crippen LogP contribution in [-0.4, -0.2) is 4.57 Å². The number of pyridine rings is 1. The average Bonchev–Trinajstić information content (AvgIpc) is 2.01. The molecule has 0 aliphatic carbocycles. The molecule has 0 atom stereocenters. The Labute approximate surface area is 71.2 Å². The van der Waals surface area contributed by atoms with Crippen LogP contribution in [0.4, 0.5) is 4.39 Å². The van der Waals surface area contributed by atoms with Gasteiger partial charge in [0.25, 0.3) is 0 Å². The van der Waals surface area contributed by atoms with Crippen LogP contribution < -0.4 is 5.49 Å². The summed E-state index contributed by atoms with van der Waals surface area (Å²) in [6.45, 7) is 2.01. The van der Waals surface area contributed by atoms with Gasteiger partial charge >= 0.3 is 0 Å². The van der Waals surface area contributed by atoms with E-state index in [0.717, 1.165) is 12.8 Å². The zero-order valence-electron chi connectivity index (χ0n) is 7.39. The van der Waals surface area contributed by atoms with Gasteiger partial charge in [-0.25, -0.2) is 4.39 Å². The van der Waals surface area contributed by atoms with Crippen LogP contribution >= 0.6 is 0 Å². The third-order valence-corrected chi connectivity index (χ3v) is 1.82. The van der Waals surface area contributed by atoms with Gasteiger partial charge in [-0.2, -0.15) is 0 Å². The van der Waals surface area contributed by atoms with Crippen molar-refractivity contribution in [3.63, 3.8) is 0 Å². The summed E-state index contributed by atoms with van der Waals surface area (Å²) in [5.41, 5.74) is 0.892. The molecule has 0 amide bonds. The number of nitrogens with zero attached hydrogens (tertiary/aromatic N) is 1. The standard InChI is InChI=1S/C9H13FN2/c1-3-4-7-6-12(2)9(11)5-8(7)10/h5-6,11H,3-4H2,1-2H3. The van der Waals surface area contributed by atoms with Crippen molar-refractivity contribution in [2.45, 2.75) is 19.8 Å². The van der Waals surface area contributed by atoms with Crippen molar-refractivity contribution < 1.29 is 4.39 Å². The molecule has 0 bridgehead atoms. The van der Waals surface area contributed by atoms with Gasteiger partial charge in [-0.1, -0.05) is 13.3 Å². The Morgan fingerprint density at radius 2 is 2.25 bits per heavy atom. The molecular weight excluding hydrogens is 155 g/mol. The molecule has 3 heteroatoms. The van der Waals surface area contributed by atoms with E-state index in [9.17, 15) is 4.39 Å². The first kappa shape index (κ1) is 8.97. The third-order valence-electron chi connectivity index (χ3n) is 1.82. The van der Waals surface area contributed by atoms with Crippen molar-refractivity contribution >= 4 is 0 Å². The Morgan fingerprint density at radius 1 is 1.58 bits per heavy atom.